The SMILES string of the molecule is CCC(=O)CN(C)CCS(C)(=O)=O. The lowest BCUT2D eigenvalue weighted by Gasteiger charge is -2.13. The van der Waals surface area contributed by atoms with Crippen LogP contribution in [0.25, 0.3) is 0 Å². The van der Waals surface area contributed by atoms with E-state index in [9.17, 15) is 13.2 Å². The quantitative estimate of drug-likeness (QED) is 0.612. The van der Waals surface area contributed by atoms with Crippen LogP contribution in [0.3, 0.4) is 0 Å². The highest BCUT2D eigenvalue weighted by Gasteiger charge is 2.07. The normalized spacial score (nSPS) is 12.0. The van der Waals surface area contributed by atoms with E-state index >= 15 is 0 Å². The minimum atomic E-state index is -2.91. The van der Waals surface area contributed by atoms with Gasteiger partial charge in [-0.15, -0.1) is 0 Å². The highest BCUT2D eigenvalue weighted by Crippen LogP contribution is 1.90. The summed E-state index contributed by atoms with van der Waals surface area (Å²) >= 11 is 0. The van der Waals surface area contributed by atoms with Gasteiger partial charge in [-0.1, -0.05) is 6.92 Å². The lowest BCUT2D eigenvalue weighted by molar-refractivity contribution is -0.119. The summed E-state index contributed by atoms with van der Waals surface area (Å²) in [4.78, 5) is 12.7. The number of ketones is 1. The molecule has 0 radical (unpaired) electrons. The van der Waals surface area contributed by atoms with Gasteiger partial charge in [0.2, 0.25) is 0 Å². The van der Waals surface area contributed by atoms with Crippen LogP contribution in [0.5, 0.6) is 0 Å². The third kappa shape index (κ3) is 7.93. The van der Waals surface area contributed by atoms with Gasteiger partial charge in [0.05, 0.1) is 12.3 Å². The van der Waals surface area contributed by atoms with Crippen LogP contribution in [0.2, 0.25) is 0 Å². The summed E-state index contributed by atoms with van der Waals surface area (Å²) in [6.07, 6.45) is 1.70. The van der Waals surface area contributed by atoms with Crippen molar-refractivity contribution in [3.8, 4) is 0 Å². The van der Waals surface area contributed by atoms with Crippen LogP contribution in [0.1, 0.15) is 13.3 Å². The molecule has 0 bridgehead atoms. The fraction of sp³-hybridized carbons (Fsp3) is 0.875. The maximum absolute atomic E-state index is 11.0. The number of sulfone groups is 1. The highest BCUT2D eigenvalue weighted by molar-refractivity contribution is 7.90. The Labute approximate surface area is 79.8 Å². The van der Waals surface area contributed by atoms with Gasteiger partial charge in [-0.2, -0.15) is 0 Å². The Hall–Kier alpha value is -0.420. The lowest BCUT2D eigenvalue weighted by atomic mass is 10.3. The van der Waals surface area contributed by atoms with Gasteiger partial charge in [-0.05, 0) is 7.05 Å². The van der Waals surface area contributed by atoms with Gasteiger partial charge in [0.15, 0.2) is 0 Å². The molecule has 0 aliphatic rings. The molecular weight excluding hydrogens is 190 g/mol. The summed E-state index contributed by atoms with van der Waals surface area (Å²) in [6.45, 7) is 2.56. The van der Waals surface area contributed by atoms with E-state index in [1.807, 2.05) is 0 Å². The van der Waals surface area contributed by atoms with Crippen molar-refractivity contribution in [1.82, 2.24) is 4.90 Å². The van der Waals surface area contributed by atoms with E-state index in [-0.39, 0.29) is 11.5 Å². The zero-order valence-corrected chi connectivity index (χ0v) is 9.23. The molecule has 0 unspecified atom stereocenters. The van der Waals surface area contributed by atoms with Crippen molar-refractivity contribution in [3.63, 3.8) is 0 Å². The van der Waals surface area contributed by atoms with Gasteiger partial charge >= 0.3 is 0 Å². The van der Waals surface area contributed by atoms with E-state index in [2.05, 4.69) is 0 Å². The predicted octanol–water partition coefficient (Wildman–Crippen LogP) is -0.0581. The Morgan fingerprint density at radius 2 is 1.92 bits per heavy atom. The van der Waals surface area contributed by atoms with E-state index in [0.717, 1.165) is 0 Å². The molecule has 0 amide bonds. The van der Waals surface area contributed by atoms with Gasteiger partial charge in [-0.3, -0.25) is 9.69 Å². The molecule has 0 aliphatic carbocycles. The Bertz CT molecular complexity index is 259. The molecule has 0 rings (SSSR count). The first-order chi connectivity index (χ1) is 5.85. The molecule has 5 heteroatoms. The molecule has 0 aromatic carbocycles. The molecule has 0 heterocycles. The number of hydrogen-bond donors (Lipinski definition) is 0. The van der Waals surface area contributed by atoms with E-state index in [1.165, 1.54) is 6.26 Å². The van der Waals surface area contributed by atoms with Gasteiger partial charge in [0, 0.05) is 19.2 Å². The first-order valence-electron chi connectivity index (χ1n) is 4.23. The van der Waals surface area contributed by atoms with Gasteiger partial charge in [-0.25, -0.2) is 8.42 Å². The van der Waals surface area contributed by atoms with Crippen molar-refractivity contribution in [3.05, 3.63) is 0 Å². The number of nitrogens with zero attached hydrogens (tertiary/aromatic N) is 1. The summed E-state index contributed by atoms with van der Waals surface area (Å²) in [5.74, 6) is 0.247. The first kappa shape index (κ1) is 12.6. The molecule has 0 saturated heterocycles. The lowest BCUT2D eigenvalue weighted by Crippen LogP contribution is -2.30. The van der Waals surface area contributed by atoms with Crippen molar-refractivity contribution in [2.24, 2.45) is 0 Å². The first-order valence-corrected chi connectivity index (χ1v) is 6.29. The second-order valence-electron chi connectivity index (χ2n) is 3.26. The predicted molar refractivity (Wildman–Crippen MR) is 52.5 cm³/mol. The van der Waals surface area contributed by atoms with E-state index in [4.69, 9.17) is 0 Å². The third-order valence-electron chi connectivity index (χ3n) is 1.68. The average molecular weight is 207 g/mol. The van der Waals surface area contributed by atoms with E-state index in [0.29, 0.717) is 19.5 Å². The van der Waals surface area contributed by atoms with Crippen molar-refractivity contribution in [2.45, 2.75) is 13.3 Å². The van der Waals surface area contributed by atoms with Crippen LogP contribution in [-0.2, 0) is 14.6 Å². The Morgan fingerprint density at radius 3 is 2.31 bits per heavy atom. The molecule has 0 aliphatic heterocycles. The van der Waals surface area contributed by atoms with Crippen molar-refractivity contribution >= 4 is 15.6 Å². The fourth-order valence-corrected chi connectivity index (χ4v) is 1.46. The molecule has 0 saturated carbocycles. The zero-order chi connectivity index (χ0) is 10.5. The Morgan fingerprint density at radius 1 is 1.38 bits per heavy atom. The van der Waals surface area contributed by atoms with Crippen LogP contribution in [0.15, 0.2) is 0 Å². The summed E-state index contributed by atoms with van der Waals surface area (Å²) in [5.41, 5.74) is 0. The van der Waals surface area contributed by atoms with Crippen LogP contribution in [0, 0.1) is 0 Å². The van der Waals surface area contributed by atoms with Crippen LogP contribution >= 0.6 is 0 Å². The molecule has 13 heavy (non-hydrogen) atoms. The standard InChI is InChI=1S/C8H17NO3S/c1-4-8(10)7-9(2)5-6-13(3,11)12/h4-7H2,1-3H3. The molecule has 0 atom stereocenters. The number of carbonyl (C=O) groups is 1. The van der Waals surface area contributed by atoms with Crippen molar-refractivity contribution in [1.29, 1.82) is 0 Å². The second kappa shape index (κ2) is 5.34. The minimum Gasteiger partial charge on any atom is -0.298 e. The topological polar surface area (TPSA) is 54.5 Å². The van der Waals surface area contributed by atoms with Gasteiger partial charge in [0.25, 0.3) is 0 Å². The largest absolute Gasteiger partial charge is 0.298 e. The molecular formula is C8H17NO3S. The number of likely N-dealkylation sites (N-methyl/N-ethyl adjacent to an activating group) is 1. The van der Waals surface area contributed by atoms with Crippen molar-refractivity contribution < 1.29 is 13.2 Å². The maximum atomic E-state index is 11.0. The van der Waals surface area contributed by atoms with Crippen molar-refractivity contribution in [2.75, 3.05) is 32.1 Å². The summed E-state index contributed by atoms with van der Waals surface area (Å²) in [5, 5.41) is 0. The monoisotopic (exact) mass is 207 g/mol. The Balaban J connectivity index is 3.76. The van der Waals surface area contributed by atoms with Crippen LogP contribution in [0.4, 0.5) is 0 Å². The molecule has 0 N–H and O–H groups in total. The fourth-order valence-electron chi connectivity index (χ4n) is 0.814. The number of rotatable bonds is 6. The average Bonchev–Trinajstić information content (AvgIpc) is 1.99. The summed E-state index contributed by atoms with van der Waals surface area (Å²) in [7, 11) is -1.17. The minimum absolute atomic E-state index is 0.112. The van der Waals surface area contributed by atoms with Crippen LogP contribution < -0.4 is 0 Å². The van der Waals surface area contributed by atoms with E-state index in [1.54, 1.807) is 18.9 Å². The summed E-state index contributed by atoms with van der Waals surface area (Å²) < 4.78 is 21.6. The molecule has 0 aromatic heterocycles. The molecule has 4 nitrogen and oxygen atoms in total. The molecule has 78 valence electrons. The summed E-state index contributed by atoms with van der Waals surface area (Å²) in [6, 6.07) is 0. The number of carbonyl (C=O) groups excluding carboxylic acids is 1. The highest BCUT2D eigenvalue weighted by atomic mass is 32.2. The maximum Gasteiger partial charge on any atom is 0.148 e. The van der Waals surface area contributed by atoms with Crippen LogP contribution in [-0.4, -0.2) is 51.2 Å². The number of hydrogen-bond acceptors (Lipinski definition) is 4. The number of Topliss-reactive ketones (excluding diaryl/α,β-unsaturated/α-hetero) is 1. The van der Waals surface area contributed by atoms with Gasteiger partial charge in [0.1, 0.15) is 15.6 Å². The van der Waals surface area contributed by atoms with Gasteiger partial charge < -0.3 is 0 Å². The third-order valence-corrected chi connectivity index (χ3v) is 2.61. The zero-order valence-electron chi connectivity index (χ0n) is 8.41. The Kier molecular flexibility index (Phi) is 5.17. The molecule has 0 aromatic rings. The smallest absolute Gasteiger partial charge is 0.148 e. The second-order valence-corrected chi connectivity index (χ2v) is 5.52. The molecule has 0 fully saturated rings. The molecule has 0 spiro atoms. The van der Waals surface area contributed by atoms with E-state index < -0.39 is 9.84 Å².